The van der Waals surface area contributed by atoms with Crippen LogP contribution in [0.1, 0.15) is 119 Å². The molecule has 0 bridgehead atoms. The van der Waals surface area contributed by atoms with Gasteiger partial charge in [-0.2, -0.15) is 0 Å². The van der Waals surface area contributed by atoms with Crippen LogP contribution in [0.4, 0.5) is 16.6 Å². The molecule has 0 spiro atoms. The molecular formula is C57H62N8O6S. The van der Waals surface area contributed by atoms with E-state index in [1.165, 1.54) is 29.7 Å². The van der Waals surface area contributed by atoms with Crippen LogP contribution in [-0.2, 0) is 22.6 Å². The fourth-order valence-electron chi connectivity index (χ4n) is 11.3. The number of para-hydroxylation sites is 1. The summed E-state index contributed by atoms with van der Waals surface area (Å²) in [6.07, 6.45) is 10.2. The van der Waals surface area contributed by atoms with E-state index in [0.29, 0.717) is 65.4 Å². The molecule has 3 fully saturated rings. The normalized spacial score (nSPS) is 19.6. The molecule has 10 rings (SSSR count). The Kier molecular flexibility index (Phi) is 14.5. The second-order valence-electron chi connectivity index (χ2n) is 19.8. The van der Waals surface area contributed by atoms with Crippen LogP contribution < -0.4 is 25.6 Å². The number of rotatable bonds is 15. The summed E-state index contributed by atoms with van der Waals surface area (Å²) < 4.78 is 7.68. The molecule has 4 aromatic carbocycles. The highest BCUT2D eigenvalue weighted by Gasteiger charge is 2.33. The maximum atomic E-state index is 13.7. The fourth-order valence-corrected chi connectivity index (χ4v) is 12.2. The summed E-state index contributed by atoms with van der Waals surface area (Å²) in [4.78, 5) is 64.7. The summed E-state index contributed by atoms with van der Waals surface area (Å²) in [5.74, 6) is -0.158. The fraction of sp³-hybridized carbons (Fsp3) is 0.386. The number of ether oxygens (including phenoxy) is 1. The predicted octanol–water partition coefficient (Wildman–Crippen LogP) is 10.2. The zero-order valence-corrected chi connectivity index (χ0v) is 41.8. The van der Waals surface area contributed by atoms with Crippen LogP contribution in [0.25, 0.3) is 21.3 Å². The number of pyridine rings is 1. The number of nitrogens with one attached hydrogen (secondary N) is 4. The molecule has 1 atom stereocenters. The molecule has 2 aromatic heterocycles. The molecule has 6 aromatic rings. The number of likely N-dealkylation sites (tertiary alicyclic amines) is 1. The van der Waals surface area contributed by atoms with Crippen LogP contribution in [0, 0.1) is 24.2 Å². The van der Waals surface area contributed by atoms with E-state index in [4.69, 9.17) is 15.1 Å². The monoisotopic (exact) mass is 986 g/mol. The number of carbonyl (C=O) groups is 4. The molecule has 1 saturated carbocycles. The number of piperidine rings is 2. The first kappa shape index (κ1) is 48.6. The number of hydrogen-bond acceptors (Lipinski definition) is 12. The van der Waals surface area contributed by atoms with Gasteiger partial charge in [0.2, 0.25) is 11.8 Å². The average molecular weight is 987 g/mol. The Morgan fingerprint density at radius 1 is 0.861 bits per heavy atom. The Hall–Kier alpha value is -6.97. The number of benzene rings is 4. The van der Waals surface area contributed by atoms with Crippen molar-refractivity contribution >= 4 is 67.6 Å². The third-order valence-electron chi connectivity index (χ3n) is 15.4. The molecule has 72 heavy (non-hydrogen) atoms. The maximum absolute atomic E-state index is 13.7. The lowest BCUT2D eigenvalue weighted by Crippen LogP contribution is -2.44. The van der Waals surface area contributed by atoms with Crippen molar-refractivity contribution in [2.45, 2.75) is 96.1 Å². The predicted molar refractivity (Wildman–Crippen MR) is 283 cm³/mol. The minimum absolute atomic E-state index is 0.0219. The smallest absolute Gasteiger partial charge is 0.355 e. The number of hydrogen-bond donors (Lipinski definition) is 5. The number of aromatic carboxylic acids is 1. The second kappa shape index (κ2) is 21.4. The van der Waals surface area contributed by atoms with Crippen LogP contribution in [0.2, 0.25) is 0 Å². The molecule has 5 heterocycles. The highest BCUT2D eigenvalue weighted by atomic mass is 32.1. The van der Waals surface area contributed by atoms with Crippen molar-refractivity contribution in [1.29, 1.82) is 5.41 Å². The van der Waals surface area contributed by atoms with E-state index in [0.717, 1.165) is 102 Å². The van der Waals surface area contributed by atoms with Crippen molar-refractivity contribution < 1.29 is 29.0 Å². The van der Waals surface area contributed by atoms with Crippen LogP contribution in [0.15, 0.2) is 91.0 Å². The van der Waals surface area contributed by atoms with Gasteiger partial charge in [0.1, 0.15) is 11.6 Å². The number of amides is 3. The number of carboxylic acids is 1. The van der Waals surface area contributed by atoms with E-state index in [1.54, 1.807) is 0 Å². The van der Waals surface area contributed by atoms with Gasteiger partial charge in [-0.05, 0) is 173 Å². The van der Waals surface area contributed by atoms with Crippen LogP contribution >= 0.6 is 11.3 Å². The Bertz CT molecular complexity index is 3010. The van der Waals surface area contributed by atoms with Gasteiger partial charge in [0.15, 0.2) is 10.8 Å². The van der Waals surface area contributed by atoms with Gasteiger partial charge >= 0.3 is 5.97 Å². The lowest BCUT2D eigenvalue weighted by atomic mass is 9.84. The number of carboxylic acid groups (broad SMARTS) is 1. The third-order valence-corrected chi connectivity index (χ3v) is 16.4. The molecule has 1 unspecified atom stereocenters. The Balaban J connectivity index is 0.703. The van der Waals surface area contributed by atoms with Gasteiger partial charge in [0.05, 0.1) is 28.0 Å². The molecule has 372 valence electrons. The molecule has 3 aliphatic heterocycles. The van der Waals surface area contributed by atoms with Crippen LogP contribution in [-0.4, -0.2) is 88.7 Å². The number of fused-ring (bicyclic) bond motifs is 2. The van der Waals surface area contributed by atoms with E-state index in [2.05, 4.69) is 38.0 Å². The largest absolute Gasteiger partial charge is 0.490 e. The molecule has 3 amide bonds. The Labute approximate surface area is 424 Å². The van der Waals surface area contributed by atoms with Crippen molar-refractivity contribution in [2.24, 2.45) is 11.8 Å². The zero-order chi connectivity index (χ0) is 49.9. The quantitative estimate of drug-likeness (QED) is 0.0486. The maximum Gasteiger partial charge on any atom is 0.355 e. The molecule has 14 nitrogen and oxygen atoms in total. The highest BCUT2D eigenvalue weighted by Crippen LogP contribution is 2.38. The number of imide groups is 1. The van der Waals surface area contributed by atoms with E-state index >= 15 is 0 Å². The SMILES string of the molecule is CNc1cc(C2CCN(CCCC3CCC(Oc4cccc(-c5ccc(N6CCc7cccc(C(=O)Nc8nc9ccccc9s8)c7C6)nc5C(=O)O)c4C)CC3)CC2)ccc1C(=N)C1CCC(=O)NC1=O. The van der Waals surface area contributed by atoms with Gasteiger partial charge in [0, 0.05) is 48.9 Å². The molecule has 2 saturated heterocycles. The Morgan fingerprint density at radius 2 is 1.67 bits per heavy atom. The molecule has 1 aliphatic carbocycles. The number of nitrogens with zero attached hydrogens (tertiary/aromatic N) is 4. The standard InChI is InChI=1S/C57H62N8O6S/c1-34-40(41-21-23-50(61-53(41)56(69)70)65-31-27-37-9-5-11-42(45(37)33-65)54(67)63-57-60-46-12-3-4-14-49(46)72-57)10-6-13-48(34)71-39-18-15-35(16-19-39)8-7-28-64-29-25-36(26-30-64)38-17-20-43(47(32-38)59-2)52(58)44-22-24-51(66)62-55(44)68/h3-6,9-14,17,20-21,23,32,35-36,39,44,58-59H,7-8,15-16,18-19,22,24-31,33H2,1-2H3,(H,69,70)(H,60,63,67)(H,62,66,68). The van der Waals surface area contributed by atoms with Gasteiger partial charge in [-0.25, -0.2) is 14.8 Å². The van der Waals surface area contributed by atoms with Crippen molar-refractivity contribution in [2.75, 3.05) is 48.8 Å². The molecule has 0 radical (unpaired) electrons. The molecule has 4 aliphatic rings. The summed E-state index contributed by atoms with van der Waals surface area (Å²) >= 11 is 1.44. The summed E-state index contributed by atoms with van der Waals surface area (Å²) in [6, 6.07) is 29.4. The van der Waals surface area contributed by atoms with E-state index < -0.39 is 11.9 Å². The topological polar surface area (TPSA) is 190 Å². The second-order valence-corrected chi connectivity index (χ2v) is 20.9. The third kappa shape index (κ3) is 10.5. The Morgan fingerprint density at radius 3 is 2.44 bits per heavy atom. The van der Waals surface area contributed by atoms with Crippen LogP contribution in [0.3, 0.4) is 0 Å². The van der Waals surface area contributed by atoms with Gasteiger partial charge in [-0.1, -0.05) is 59.9 Å². The van der Waals surface area contributed by atoms with Crippen molar-refractivity contribution in [3.8, 4) is 16.9 Å². The first-order valence-electron chi connectivity index (χ1n) is 25.5. The molecular weight excluding hydrogens is 925 g/mol. The van der Waals surface area contributed by atoms with Gasteiger partial charge in [-0.15, -0.1) is 0 Å². The summed E-state index contributed by atoms with van der Waals surface area (Å²) in [6.45, 7) is 6.26. The first-order chi connectivity index (χ1) is 35.0. The zero-order valence-electron chi connectivity index (χ0n) is 41.0. The number of aromatic nitrogens is 2. The van der Waals surface area contributed by atoms with Crippen molar-refractivity contribution in [1.82, 2.24) is 20.2 Å². The highest BCUT2D eigenvalue weighted by molar-refractivity contribution is 7.22. The number of carbonyl (C=O) groups excluding carboxylic acids is 3. The van der Waals surface area contributed by atoms with Gasteiger partial charge in [0.25, 0.3) is 5.91 Å². The molecule has 15 heteroatoms. The van der Waals surface area contributed by atoms with Gasteiger partial charge in [-0.3, -0.25) is 25.0 Å². The number of anilines is 3. The first-order valence-corrected chi connectivity index (χ1v) is 26.3. The van der Waals surface area contributed by atoms with Crippen molar-refractivity contribution in [3.05, 3.63) is 130 Å². The lowest BCUT2D eigenvalue weighted by molar-refractivity contribution is -0.134. The average Bonchev–Trinajstić information content (AvgIpc) is 3.81. The lowest BCUT2D eigenvalue weighted by Gasteiger charge is -2.33. The van der Waals surface area contributed by atoms with E-state index in [9.17, 15) is 24.3 Å². The van der Waals surface area contributed by atoms with Crippen molar-refractivity contribution in [3.63, 3.8) is 0 Å². The minimum Gasteiger partial charge on any atom is -0.490 e. The van der Waals surface area contributed by atoms with E-state index in [-0.39, 0.29) is 41.7 Å². The minimum atomic E-state index is -1.10. The van der Waals surface area contributed by atoms with E-state index in [1.807, 2.05) is 97.7 Å². The summed E-state index contributed by atoms with van der Waals surface area (Å²) in [5.41, 5.74) is 8.66. The summed E-state index contributed by atoms with van der Waals surface area (Å²) in [5, 5.41) is 28.5. The molecule has 5 N–H and O–H groups in total. The number of thiazole rings is 1. The van der Waals surface area contributed by atoms with Crippen LogP contribution in [0.5, 0.6) is 5.75 Å². The summed E-state index contributed by atoms with van der Waals surface area (Å²) in [7, 11) is 1.85. The van der Waals surface area contributed by atoms with Gasteiger partial charge < -0.3 is 30.4 Å².